The molecule has 116 valence electrons. The number of ether oxygens (including phenoxy) is 1. The van der Waals surface area contributed by atoms with Crippen LogP contribution in [0.25, 0.3) is 0 Å². The van der Waals surface area contributed by atoms with E-state index in [-0.39, 0.29) is 5.97 Å². The first kappa shape index (κ1) is 18.9. The van der Waals surface area contributed by atoms with E-state index < -0.39 is 0 Å². The van der Waals surface area contributed by atoms with Crippen LogP contribution < -0.4 is 0 Å². The highest BCUT2D eigenvalue weighted by Crippen LogP contribution is 2.08. The molecule has 0 saturated heterocycles. The van der Waals surface area contributed by atoms with Crippen LogP contribution >= 0.6 is 0 Å². The molecular formula is C18H32O2. The Balaban J connectivity index is 3.16. The van der Waals surface area contributed by atoms with Crippen LogP contribution in [0.4, 0.5) is 0 Å². The SMILES string of the molecule is C=CCCCCCCCC(=O)OCCCCCCC=C. The van der Waals surface area contributed by atoms with E-state index in [0.717, 1.165) is 38.5 Å². The van der Waals surface area contributed by atoms with Crippen LogP contribution in [-0.4, -0.2) is 12.6 Å². The molecule has 0 atom stereocenters. The van der Waals surface area contributed by atoms with Crippen molar-refractivity contribution in [2.75, 3.05) is 6.61 Å². The van der Waals surface area contributed by atoms with Gasteiger partial charge in [-0.05, 0) is 38.5 Å². The summed E-state index contributed by atoms with van der Waals surface area (Å²) < 4.78 is 5.22. The predicted octanol–water partition coefficient (Wildman–Crippen LogP) is 5.58. The maximum Gasteiger partial charge on any atom is 0.305 e. The maximum absolute atomic E-state index is 11.5. The quantitative estimate of drug-likeness (QED) is 0.222. The number of esters is 1. The van der Waals surface area contributed by atoms with Crippen LogP contribution in [0.1, 0.15) is 77.0 Å². The smallest absolute Gasteiger partial charge is 0.305 e. The van der Waals surface area contributed by atoms with Gasteiger partial charge < -0.3 is 4.74 Å². The van der Waals surface area contributed by atoms with Crippen molar-refractivity contribution in [2.45, 2.75) is 77.0 Å². The minimum atomic E-state index is -0.0258. The minimum Gasteiger partial charge on any atom is -0.466 e. The van der Waals surface area contributed by atoms with Crippen LogP contribution in [-0.2, 0) is 9.53 Å². The van der Waals surface area contributed by atoms with Crippen LogP contribution in [0.3, 0.4) is 0 Å². The Labute approximate surface area is 125 Å². The molecule has 0 rings (SSSR count). The third-order valence-corrected chi connectivity index (χ3v) is 3.35. The number of hydrogen-bond acceptors (Lipinski definition) is 2. The summed E-state index contributed by atoms with van der Waals surface area (Å²) in [6.45, 7) is 8.00. The van der Waals surface area contributed by atoms with Gasteiger partial charge in [0.05, 0.1) is 6.61 Å². The molecule has 0 bridgehead atoms. The Kier molecular flexibility index (Phi) is 15.2. The molecule has 0 aliphatic heterocycles. The fraction of sp³-hybridized carbons (Fsp3) is 0.722. The highest BCUT2D eigenvalue weighted by atomic mass is 16.5. The third-order valence-electron chi connectivity index (χ3n) is 3.35. The zero-order valence-corrected chi connectivity index (χ0v) is 13.1. The molecule has 0 aromatic carbocycles. The lowest BCUT2D eigenvalue weighted by atomic mass is 10.1. The Morgan fingerprint density at radius 2 is 1.25 bits per heavy atom. The molecular weight excluding hydrogens is 248 g/mol. The summed E-state index contributed by atoms with van der Waals surface area (Å²) in [4.78, 5) is 11.5. The van der Waals surface area contributed by atoms with Gasteiger partial charge in [-0.3, -0.25) is 4.79 Å². The Morgan fingerprint density at radius 3 is 1.85 bits per heavy atom. The maximum atomic E-state index is 11.5. The summed E-state index contributed by atoms with van der Waals surface area (Å²) in [5, 5.41) is 0. The Morgan fingerprint density at radius 1 is 0.750 bits per heavy atom. The summed E-state index contributed by atoms with van der Waals surface area (Å²) in [5.41, 5.74) is 0. The topological polar surface area (TPSA) is 26.3 Å². The van der Waals surface area contributed by atoms with Crippen molar-refractivity contribution in [1.82, 2.24) is 0 Å². The zero-order chi connectivity index (χ0) is 14.9. The van der Waals surface area contributed by atoms with Gasteiger partial charge in [0, 0.05) is 6.42 Å². The van der Waals surface area contributed by atoms with Crippen molar-refractivity contribution in [3.63, 3.8) is 0 Å². The second-order valence-corrected chi connectivity index (χ2v) is 5.31. The molecule has 0 N–H and O–H groups in total. The predicted molar refractivity (Wildman–Crippen MR) is 86.8 cm³/mol. The Hall–Kier alpha value is -1.05. The molecule has 2 nitrogen and oxygen atoms in total. The van der Waals surface area contributed by atoms with Crippen LogP contribution in [0.5, 0.6) is 0 Å². The highest BCUT2D eigenvalue weighted by Gasteiger charge is 2.02. The molecule has 0 heterocycles. The van der Waals surface area contributed by atoms with Crippen molar-refractivity contribution in [2.24, 2.45) is 0 Å². The van der Waals surface area contributed by atoms with Gasteiger partial charge in [0.25, 0.3) is 0 Å². The number of hydrogen-bond donors (Lipinski definition) is 0. The van der Waals surface area contributed by atoms with E-state index in [0.29, 0.717) is 13.0 Å². The van der Waals surface area contributed by atoms with Crippen LogP contribution in [0.2, 0.25) is 0 Å². The van der Waals surface area contributed by atoms with Gasteiger partial charge in [-0.15, -0.1) is 13.2 Å². The van der Waals surface area contributed by atoms with Gasteiger partial charge in [-0.2, -0.15) is 0 Å². The van der Waals surface area contributed by atoms with Gasteiger partial charge in [0.1, 0.15) is 0 Å². The van der Waals surface area contributed by atoms with Crippen molar-refractivity contribution in [1.29, 1.82) is 0 Å². The summed E-state index contributed by atoms with van der Waals surface area (Å²) in [5.74, 6) is -0.0258. The minimum absolute atomic E-state index is 0.0258. The molecule has 0 aliphatic carbocycles. The number of unbranched alkanes of at least 4 members (excludes halogenated alkanes) is 9. The van der Waals surface area contributed by atoms with E-state index in [2.05, 4.69) is 13.2 Å². The summed E-state index contributed by atoms with van der Waals surface area (Å²) in [6.07, 6.45) is 17.0. The molecule has 0 fully saturated rings. The number of allylic oxidation sites excluding steroid dienone is 2. The number of carbonyl (C=O) groups is 1. The summed E-state index contributed by atoms with van der Waals surface area (Å²) >= 11 is 0. The zero-order valence-electron chi connectivity index (χ0n) is 13.1. The van der Waals surface area contributed by atoms with E-state index in [9.17, 15) is 4.79 Å². The molecule has 0 aromatic heterocycles. The van der Waals surface area contributed by atoms with Gasteiger partial charge in [-0.25, -0.2) is 0 Å². The van der Waals surface area contributed by atoms with E-state index >= 15 is 0 Å². The van der Waals surface area contributed by atoms with Crippen LogP contribution in [0, 0.1) is 0 Å². The van der Waals surface area contributed by atoms with E-state index in [1.165, 1.54) is 32.1 Å². The molecule has 2 heteroatoms. The van der Waals surface area contributed by atoms with Crippen molar-refractivity contribution in [3.05, 3.63) is 25.3 Å². The van der Waals surface area contributed by atoms with Crippen molar-refractivity contribution < 1.29 is 9.53 Å². The number of rotatable bonds is 15. The average molecular weight is 280 g/mol. The molecule has 0 radical (unpaired) electrons. The third kappa shape index (κ3) is 15.0. The highest BCUT2D eigenvalue weighted by molar-refractivity contribution is 5.69. The lowest BCUT2D eigenvalue weighted by Crippen LogP contribution is -2.05. The second kappa shape index (κ2) is 16.0. The molecule has 20 heavy (non-hydrogen) atoms. The van der Waals surface area contributed by atoms with Crippen LogP contribution in [0.15, 0.2) is 25.3 Å². The monoisotopic (exact) mass is 280 g/mol. The largest absolute Gasteiger partial charge is 0.466 e. The molecule has 0 aliphatic rings. The van der Waals surface area contributed by atoms with Crippen molar-refractivity contribution >= 4 is 5.97 Å². The second-order valence-electron chi connectivity index (χ2n) is 5.31. The fourth-order valence-electron chi connectivity index (χ4n) is 2.09. The summed E-state index contributed by atoms with van der Waals surface area (Å²) in [6, 6.07) is 0. The Bertz CT molecular complexity index is 222. The van der Waals surface area contributed by atoms with Gasteiger partial charge in [0.2, 0.25) is 0 Å². The van der Waals surface area contributed by atoms with E-state index in [1.807, 2.05) is 12.2 Å². The number of carbonyl (C=O) groups excluding carboxylic acids is 1. The van der Waals surface area contributed by atoms with E-state index in [4.69, 9.17) is 4.74 Å². The lowest BCUT2D eigenvalue weighted by molar-refractivity contribution is -0.143. The lowest BCUT2D eigenvalue weighted by Gasteiger charge is -2.05. The molecule has 0 unspecified atom stereocenters. The van der Waals surface area contributed by atoms with Gasteiger partial charge in [0.15, 0.2) is 0 Å². The van der Waals surface area contributed by atoms with Crippen molar-refractivity contribution in [3.8, 4) is 0 Å². The average Bonchev–Trinajstić information content (AvgIpc) is 2.45. The molecule has 0 aromatic rings. The molecule has 0 amide bonds. The van der Waals surface area contributed by atoms with Gasteiger partial charge in [-0.1, -0.05) is 44.3 Å². The summed E-state index contributed by atoms with van der Waals surface area (Å²) in [7, 11) is 0. The molecule has 0 saturated carbocycles. The van der Waals surface area contributed by atoms with Gasteiger partial charge >= 0.3 is 5.97 Å². The standard InChI is InChI=1S/C18H32O2/c1-3-5-7-9-11-12-14-16-18(19)20-17-15-13-10-8-6-4-2/h3-4H,1-2,5-17H2. The first-order chi connectivity index (χ1) is 9.81. The fourth-order valence-corrected chi connectivity index (χ4v) is 2.09. The first-order valence-corrected chi connectivity index (χ1v) is 8.18. The first-order valence-electron chi connectivity index (χ1n) is 8.18. The molecule has 0 spiro atoms. The van der Waals surface area contributed by atoms with E-state index in [1.54, 1.807) is 0 Å². The normalized spacial score (nSPS) is 10.2.